The molecule has 0 fully saturated rings. The second-order valence-electron chi connectivity index (χ2n) is 6.49. The van der Waals surface area contributed by atoms with E-state index >= 15 is 0 Å². The van der Waals surface area contributed by atoms with Crippen molar-refractivity contribution in [2.45, 2.75) is 35.9 Å². The van der Waals surface area contributed by atoms with Gasteiger partial charge < -0.3 is 9.84 Å². The minimum atomic E-state index is -0.266. The Kier molecular flexibility index (Phi) is 6.55. The predicted octanol–water partition coefficient (Wildman–Crippen LogP) is 5.42. The minimum Gasteiger partial charge on any atom is -0.487 e. The Morgan fingerprint density at radius 1 is 1.32 bits per heavy atom. The summed E-state index contributed by atoms with van der Waals surface area (Å²) in [5, 5.41) is 13.9. The largest absolute Gasteiger partial charge is 0.487 e. The van der Waals surface area contributed by atoms with Crippen molar-refractivity contribution in [3.8, 4) is 0 Å². The number of allylic oxidation sites excluding steroid dienone is 1. The third-order valence-electron chi connectivity index (χ3n) is 4.46. The van der Waals surface area contributed by atoms with Crippen LogP contribution in [0.3, 0.4) is 0 Å². The lowest BCUT2D eigenvalue weighted by molar-refractivity contribution is 0.0359. The van der Waals surface area contributed by atoms with E-state index in [1.54, 1.807) is 11.3 Å². The summed E-state index contributed by atoms with van der Waals surface area (Å²) in [6.07, 6.45) is 4.01. The van der Waals surface area contributed by atoms with Crippen LogP contribution in [-0.2, 0) is 10.3 Å². The average molecular weight is 393 g/mol. The summed E-state index contributed by atoms with van der Waals surface area (Å²) in [5.74, 6) is 1.89. The first-order chi connectivity index (χ1) is 12.1. The highest BCUT2D eigenvalue weighted by Crippen LogP contribution is 2.43. The van der Waals surface area contributed by atoms with Crippen LogP contribution >= 0.6 is 35.7 Å². The number of benzene rings is 1. The van der Waals surface area contributed by atoms with Gasteiger partial charge in [-0.1, -0.05) is 30.3 Å². The van der Waals surface area contributed by atoms with Crippen molar-refractivity contribution in [3.05, 3.63) is 70.1 Å². The molecule has 3 rings (SSSR count). The number of hydrogen-bond donors (Lipinski definition) is 2. The number of aliphatic hydroxyl groups excluding tert-OH is 1. The Morgan fingerprint density at radius 2 is 2.12 bits per heavy atom. The van der Waals surface area contributed by atoms with Crippen LogP contribution in [0.1, 0.15) is 36.1 Å². The molecular formula is C20H24O2S3. The molecule has 3 unspecified atom stereocenters. The molecule has 1 N–H and O–H groups in total. The summed E-state index contributed by atoms with van der Waals surface area (Å²) in [4.78, 5) is 0. The van der Waals surface area contributed by atoms with Gasteiger partial charge >= 0.3 is 0 Å². The van der Waals surface area contributed by atoms with Crippen LogP contribution in [0.25, 0.3) is 0 Å². The Hall–Kier alpha value is -0.880. The molecule has 0 radical (unpaired) electrons. The summed E-state index contributed by atoms with van der Waals surface area (Å²) >= 11 is 7.98. The molecule has 2 aromatic rings. The number of thioether (sulfide) groups is 1. The molecule has 3 atom stereocenters. The average Bonchev–Trinajstić information content (AvgIpc) is 3.30. The lowest BCUT2D eigenvalue weighted by atomic mass is 9.94. The molecule has 134 valence electrons. The molecule has 25 heavy (non-hydrogen) atoms. The maximum Gasteiger partial charge on any atom is 0.134 e. The first kappa shape index (κ1) is 18.9. The molecule has 0 bridgehead atoms. The zero-order chi connectivity index (χ0) is 17.7. The van der Waals surface area contributed by atoms with Crippen molar-refractivity contribution in [1.82, 2.24) is 0 Å². The molecule has 0 saturated heterocycles. The van der Waals surface area contributed by atoms with Crippen molar-refractivity contribution in [2.75, 3.05) is 12.4 Å². The highest BCUT2D eigenvalue weighted by atomic mass is 32.2. The summed E-state index contributed by atoms with van der Waals surface area (Å²) in [7, 11) is 0. The van der Waals surface area contributed by atoms with Crippen LogP contribution in [0.5, 0.6) is 0 Å². The van der Waals surface area contributed by atoms with Gasteiger partial charge in [-0.05, 0) is 41.0 Å². The van der Waals surface area contributed by atoms with Crippen LogP contribution in [-0.4, -0.2) is 22.7 Å². The number of ether oxygens (including phenoxy) is 1. The highest BCUT2D eigenvalue weighted by molar-refractivity contribution is 8.00. The van der Waals surface area contributed by atoms with Crippen LogP contribution in [0.2, 0.25) is 0 Å². The predicted molar refractivity (Wildman–Crippen MR) is 112 cm³/mol. The zero-order valence-electron chi connectivity index (χ0n) is 14.3. The van der Waals surface area contributed by atoms with Gasteiger partial charge in [-0.3, -0.25) is 0 Å². The molecule has 2 nitrogen and oxygen atoms in total. The monoisotopic (exact) mass is 392 g/mol. The molecule has 0 spiro atoms. The van der Waals surface area contributed by atoms with E-state index in [0.717, 1.165) is 24.4 Å². The van der Waals surface area contributed by atoms with E-state index in [0.29, 0.717) is 5.25 Å². The third-order valence-corrected chi connectivity index (χ3v) is 7.19. The minimum absolute atomic E-state index is 0.0131. The first-order valence-corrected chi connectivity index (χ1v) is 11.0. The Balaban J connectivity index is 1.66. The SMILES string of the molecule is CC1(c2ccccc2)CC=C(CC(SCC(S)CO)c2ccsc2)O1. The van der Waals surface area contributed by atoms with Gasteiger partial charge in [-0.15, -0.1) is 0 Å². The lowest BCUT2D eigenvalue weighted by Gasteiger charge is -2.27. The topological polar surface area (TPSA) is 29.5 Å². The van der Waals surface area contributed by atoms with Crippen molar-refractivity contribution in [2.24, 2.45) is 0 Å². The van der Waals surface area contributed by atoms with E-state index in [2.05, 4.69) is 66.7 Å². The molecule has 1 aromatic carbocycles. The van der Waals surface area contributed by atoms with E-state index < -0.39 is 0 Å². The number of thiol groups is 1. The standard InChI is InChI=1S/C20H24O2S3/c1-20(16-5-3-2-4-6-16)9-7-17(22-20)11-19(15-8-10-24-13-15)25-14-18(23)12-21/h2-8,10,13,18-19,21,23H,9,11-12,14H2,1H3. The third kappa shape index (κ3) is 4.85. The van der Waals surface area contributed by atoms with Crippen LogP contribution in [0.4, 0.5) is 0 Å². The van der Waals surface area contributed by atoms with Gasteiger partial charge in [0.15, 0.2) is 0 Å². The molecule has 1 aromatic heterocycles. The Bertz CT molecular complexity index is 684. The van der Waals surface area contributed by atoms with Crippen molar-refractivity contribution in [1.29, 1.82) is 0 Å². The normalized spacial score (nSPS) is 22.3. The molecule has 0 amide bonds. The second kappa shape index (κ2) is 8.67. The van der Waals surface area contributed by atoms with Crippen LogP contribution in [0, 0.1) is 0 Å². The quantitative estimate of drug-likeness (QED) is 0.588. The smallest absolute Gasteiger partial charge is 0.134 e. The first-order valence-electron chi connectivity index (χ1n) is 8.47. The van der Waals surface area contributed by atoms with Crippen molar-refractivity contribution in [3.63, 3.8) is 0 Å². The molecule has 2 heterocycles. The van der Waals surface area contributed by atoms with Gasteiger partial charge in [-0.2, -0.15) is 35.7 Å². The van der Waals surface area contributed by atoms with E-state index in [1.807, 2.05) is 17.8 Å². The van der Waals surface area contributed by atoms with Gasteiger partial charge in [0.2, 0.25) is 0 Å². The fourth-order valence-electron chi connectivity index (χ4n) is 2.97. The lowest BCUT2D eigenvalue weighted by Crippen LogP contribution is -2.20. The summed E-state index contributed by atoms with van der Waals surface area (Å²) in [6.45, 7) is 2.27. The number of thiophene rings is 1. The highest BCUT2D eigenvalue weighted by Gasteiger charge is 2.34. The van der Waals surface area contributed by atoms with Gasteiger partial charge in [0, 0.05) is 29.1 Å². The number of aliphatic hydroxyl groups is 1. The van der Waals surface area contributed by atoms with Gasteiger partial charge in [0.05, 0.1) is 12.4 Å². The van der Waals surface area contributed by atoms with Crippen LogP contribution in [0.15, 0.2) is 59.0 Å². The molecule has 5 heteroatoms. The maximum atomic E-state index is 9.23. The van der Waals surface area contributed by atoms with Gasteiger partial charge in [0.25, 0.3) is 0 Å². The van der Waals surface area contributed by atoms with Gasteiger partial charge in [-0.25, -0.2) is 0 Å². The summed E-state index contributed by atoms with van der Waals surface area (Å²) in [6, 6.07) is 12.6. The summed E-state index contributed by atoms with van der Waals surface area (Å²) < 4.78 is 6.38. The van der Waals surface area contributed by atoms with Crippen LogP contribution < -0.4 is 0 Å². The van der Waals surface area contributed by atoms with Gasteiger partial charge in [0.1, 0.15) is 5.60 Å². The Morgan fingerprint density at radius 3 is 2.80 bits per heavy atom. The van der Waals surface area contributed by atoms with E-state index in [-0.39, 0.29) is 17.5 Å². The van der Waals surface area contributed by atoms with E-state index in [9.17, 15) is 5.11 Å². The van der Waals surface area contributed by atoms with Crippen molar-refractivity contribution >= 4 is 35.7 Å². The fourth-order valence-corrected chi connectivity index (χ4v) is 5.21. The van der Waals surface area contributed by atoms with E-state index in [1.165, 1.54) is 11.1 Å². The Labute approximate surface area is 163 Å². The maximum absolute atomic E-state index is 9.23. The van der Waals surface area contributed by atoms with Crippen molar-refractivity contribution < 1.29 is 9.84 Å². The molecule has 1 aliphatic heterocycles. The number of rotatable bonds is 8. The fraction of sp³-hybridized carbons (Fsp3) is 0.400. The molecule has 1 aliphatic rings. The second-order valence-corrected chi connectivity index (χ2v) is 9.24. The zero-order valence-corrected chi connectivity index (χ0v) is 16.8. The molecule has 0 saturated carbocycles. The number of hydrogen-bond acceptors (Lipinski definition) is 5. The molecular weight excluding hydrogens is 368 g/mol. The van der Waals surface area contributed by atoms with E-state index in [4.69, 9.17) is 4.74 Å². The summed E-state index contributed by atoms with van der Waals surface area (Å²) in [5.41, 5.74) is 2.28. The molecule has 0 aliphatic carbocycles.